The average Bonchev–Trinajstić information content (AvgIpc) is 2.73. The van der Waals surface area contributed by atoms with Gasteiger partial charge in [0.05, 0.1) is 5.03 Å². The summed E-state index contributed by atoms with van der Waals surface area (Å²) in [4.78, 5) is 23.4. The monoisotopic (exact) mass is 208 g/mol. The summed E-state index contributed by atoms with van der Waals surface area (Å²) in [5.74, 6) is 0.269. The van der Waals surface area contributed by atoms with Gasteiger partial charge in [0.2, 0.25) is 0 Å². The van der Waals surface area contributed by atoms with Crippen LogP contribution in [0.2, 0.25) is 0 Å². The molecule has 0 amide bonds. The van der Waals surface area contributed by atoms with E-state index in [0.717, 1.165) is 6.42 Å². The van der Waals surface area contributed by atoms with Gasteiger partial charge in [0, 0.05) is 17.9 Å². The van der Waals surface area contributed by atoms with Crippen molar-refractivity contribution in [3.63, 3.8) is 0 Å². The molecule has 0 heterocycles. The van der Waals surface area contributed by atoms with Crippen LogP contribution < -0.4 is 0 Å². The molecule has 1 fully saturated rings. The standard InChI is InChI=1S/C11H9ClO2/c12-7-4-8(13)9-5-1-2-6(3-5)10(9)11(7)14/h1-2,4-6,9-10H,3H2/t5-,6-,9+,10+/m0/s1. The Balaban J connectivity index is 2.10. The summed E-state index contributed by atoms with van der Waals surface area (Å²) in [5, 5.41) is 0.122. The highest BCUT2D eigenvalue weighted by Gasteiger charge is 2.52. The van der Waals surface area contributed by atoms with Gasteiger partial charge in [0.1, 0.15) is 0 Å². The second-order valence-corrected chi connectivity index (χ2v) is 4.67. The second-order valence-electron chi connectivity index (χ2n) is 4.26. The third-order valence-electron chi connectivity index (χ3n) is 3.59. The van der Waals surface area contributed by atoms with Crippen molar-refractivity contribution in [1.29, 1.82) is 0 Å². The molecule has 0 aromatic carbocycles. The molecule has 72 valence electrons. The molecule has 0 aliphatic heterocycles. The largest absolute Gasteiger partial charge is 0.294 e. The molecule has 1 saturated carbocycles. The molecule has 0 unspecified atom stereocenters. The maximum atomic E-state index is 11.8. The first-order valence-corrected chi connectivity index (χ1v) is 5.20. The molecule has 2 bridgehead atoms. The van der Waals surface area contributed by atoms with Crippen LogP contribution in [0, 0.1) is 23.7 Å². The zero-order chi connectivity index (χ0) is 9.87. The van der Waals surface area contributed by atoms with Crippen LogP contribution in [0.25, 0.3) is 0 Å². The Kier molecular flexibility index (Phi) is 1.55. The fourth-order valence-corrected chi connectivity index (χ4v) is 3.25. The van der Waals surface area contributed by atoms with Crippen molar-refractivity contribution in [3.05, 3.63) is 23.3 Å². The van der Waals surface area contributed by atoms with E-state index in [1.54, 1.807) is 0 Å². The molecule has 4 atom stereocenters. The zero-order valence-corrected chi connectivity index (χ0v) is 8.20. The lowest BCUT2D eigenvalue weighted by Gasteiger charge is -2.27. The number of ketones is 2. The molecular weight excluding hydrogens is 200 g/mol. The first-order valence-electron chi connectivity index (χ1n) is 4.82. The minimum Gasteiger partial charge on any atom is -0.294 e. The third-order valence-corrected chi connectivity index (χ3v) is 3.89. The van der Waals surface area contributed by atoms with Gasteiger partial charge in [0.15, 0.2) is 11.6 Å². The van der Waals surface area contributed by atoms with E-state index in [1.165, 1.54) is 6.08 Å². The van der Waals surface area contributed by atoms with Crippen molar-refractivity contribution >= 4 is 23.2 Å². The Labute approximate surface area is 86.6 Å². The molecule has 2 nitrogen and oxygen atoms in total. The summed E-state index contributed by atoms with van der Waals surface area (Å²) in [6.45, 7) is 0. The Morgan fingerprint density at radius 1 is 1.14 bits per heavy atom. The molecule has 0 aromatic heterocycles. The molecule has 14 heavy (non-hydrogen) atoms. The average molecular weight is 209 g/mol. The van der Waals surface area contributed by atoms with Gasteiger partial charge in [-0.2, -0.15) is 0 Å². The summed E-state index contributed by atoms with van der Waals surface area (Å²) < 4.78 is 0. The Bertz CT molecular complexity index is 394. The van der Waals surface area contributed by atoms with Gasteiger partial charge in [-0.05, 0) is 18.3 Å². The number of hydrogen-bond acceptors (Lipinski definition) is 2. The zero-order valence-electron chi connectivity index (χ0n) is 7.44. The number of hydrogen-bond donors (Lipinski definition) is 0. The molecule has 0 saturated heterocycles. The van der Waals surface area contributed by atoms with Gasteiger partial charge < -0.3 is 0 Å². The summed E-state index contributed by atoms with van der Waals surface area (Å²) in [6.07, 6.45) is 6.39. The summed E-state index contributed by atoms with van der Waals surface area (Å²) >= 11 is 5.73. The maximum absolute atomic E-state index is 11.8. The van der Waals surface area contributed by atoms with E-state index in [9.17, 15) is 9.59 Å². The number of Topliss-reactive ketones (excluding diaryl/α,β-unsaturated/α-hetero) is 1. The van der Waals surface area contributed by atoms with Crippen molar-refractivity contribution < 1.29 is 9.59 Å². The van der Waals surface area contributed by atoms with E-state index in [4.69, 9.17) is 11.6 Å². The highest BCUT2D eigenvalue weighted by atomic mass is 35.5. The highest BCUT2D eigenvalue weighted by Crippen LogP contribution is 2.51. The van der Waals surface area contributed by atoms with Crippen LogP contribution in [-0.2, 0) is 9.59 Å². The quantitative estimate of drug-likeness (QED) is 0.568. The Morgan fingerprint density at radius 2 is 1.79 bits per heavy atom. The predicted molar refractivity (Wildman–Crippen MR) is 51.7 cm³/mol. The first kappa shape index (κ1) is 8.42. The maximum Gasteiger partial charge on any atom is 0.178 e. The number of fused-ring (bicyclic) bond motifs is 5. The van der Waals surface area contributed by atoms with Crippen LogP contribution in [0.4, 0.5) is 0 Å². The number of halogens is 1. The number of rotatable bonds is 0. The molecule has 3 aliphatic rings. The molecule has 3 rings (SSSR count). The van der Waals surface area contributed by atoms with Gasteiger partial charge in [0.25, 0.3) is 0 Å². The first-order chi connectivity index (χ1) is 6.68. The number of carbonyl (C=O) groups excluding carboxylic acids is 2. The second kappa shape index (κ2) is 2.57. The van der Waals surface area contributed by atoms with E-state index in [2.05, 4.69) is 12.2 Å². The number of allylic oxidation sites excluding steroid dienone is 4. The normalized spacial score (nSPS) is 44.2. The van der Waals surface area contributed by atoms with Crippen molar-refractivity contribution in [2.75, 3.05) is 0 Å². The van der Waals surface area contributed by atoms with E-state index in [0.29, 0.717) is 0 Å². The molecule has 0 aromatic rings. The number of carbonyl (C=O) groups is 2. The highest BCUT2D eigenvalue weighted by molar-refractivity contribution is 6.45. The van der Waals surface area contributed by atoms with Gasteiger partial charge in [-0.1, -0.05) is 23.8 Å². The fraction of sp³-hybridized carbons (Fsp3) is 0.455. The fourth-order valence-electron chi connectivity index (χ4n) is 3.02. The predicted octanol–water partition coefficient (Wildman–Crippen LogP) is 1.70. The van der Waals surface area contributed by atoms with Crippen molar-refractivity contribution in [1.82, 2.24) is 0 Å². The van der Waals surface area contributed by atoms with E-state index in [1.807, 2.05) is 0 Å². The molecule has 0 spiro atoms. The summed E-state index contributed by atoms with van der Waals surface area (Å²) in [7, 11) is 0. The minimum atomic E-state index is -0.157. The molecule has 3 heteroatoms. The summed E-state index contributed by atoms with van der Waals surface area (Å²) in [5.41, 5.74) is 0. The van der Waals surface area contributed by atoms with Crippen LogP contribution >= 0.6 is 11.6 Å². The smallest absolute Gasteiger partial charge is 0.178 e. The Hall–Kier alpha value is -0.890. The SMILES string of the molecule is O=C1C=C(Cl)C(=O)[C@H]2[C@@H]1[C@H]1C=C[C@H]2C1. The summed E-state index contributed by atoms with van der Waals surface area (Å²) in [6, 6.07) is 0. The van der Waals surface area contributed by atoms with Crippen LogP contribution in [0.1, 0.15) is 6.42 Å². The van der Waals surface area contributed by atoms with Crippen molar-refractivity contribution in [3.8, 4) is 0 Å². The Morgan fingerprint density at radius 3 is 2.50 bits per heavy atom. The van der Waals surface area contributed by atoms with Gasteiger partial charge >= 0.3 is 0 Å². The molecule has 3 aliphatic carbocycles. The molecular formula is C11H9ClO2. The lowest BCUT2D eigenvalue weighted by atomic mass is 9.75. The third kappa shape index (κ3) is 0.871. The van der Waals surface area contributed by atoms with Gasteiger partial charge in [-0.15, -0.1) is 0 Å². The molecule has 0 N–H and O–H groups in total. The van der Waals surface area contributed by atoms with Crippen LogP contribution in [0.5, 0.6) is 0 Å². The van der Waals surface area contributed by atoms with E-state index < -0.39 is 0 Å². The molecule has 0 radical (unpaired) electrons. The van der Waals surface area contributed by atoms with E-state index in [-0.39, 0.29) is 40.3 Å². The minimum absolute atomic E-state index is 0.0342. The van der Waals surface area contributed by atoms with Gasteiger partial charge in [-0.3, -0.25) is 9.59 Å². The van der Waals surface area contributed by atoms with Crippen LogP contribution in [0.15, 0.2) is 23.3 Å². The lowest BCUT2D eigenvalue weighted by molar-refractivity contribution is -0.129. The van der Waals surface area contributed by atoms with Crippen molar-refractivity contribution in [2.45, 2.75) is 6.42 Å². The lowest BCUT2D eigenvalue weighted by Crippen LogP contribution is -2.36. The topological polar surface area (TPSA) is 34.1 Å². The van der Waals surface area contributed by atoms with Crippen molar-refractivity contribution in [2.24, 2.45) is 23.7 Å². The van der Waals surface area contributed by atoms with Gasteiger partial charge in [-0.25, -0.2) is 0 Å². The van der Waals surface area contributed by atoms with Crippen LogP contribution in [0.3, 0.4) is 0 Å². The van der Waals surface area contributed by atoms with E-state index >= 15 is 0 Å². The van der Waals surface area contributed by atoms with Crippen LogP contribution in [-0.4, -0.2) is 11.6 Å².